The zero-order chi connectivity index (χ0) is 18.6. The van der Waals surface area contributed by atoms with Crippen LogP contribution in [0.2, 0.25) is 0 Å². The molecule has 7 heteroatoms. The number of nitrogens with one attached hydrogen (secondary N) is 2. The van der Waals surface area contributed by atoms with Gasteiger partial charge >= 0.3 is 0 Å². The van der Waals surface area contributed by atoms with Crippen LogP contribution in [-0.2, 0) is 9.47 Å². The van der Waals surface area contributed by atoms with Gasteiger partial charge in [-0.05, 0) is 18.6 Å². The maximum Gasteiger partial charge on any atom is 0.251 e. The van der Waals surface area contributed by atoms with Gasteiger partial charge in [-0.25, -0.2) is 0 Å². The highest BCUT2D eigenvalue weighted by molar-refractivity contribution is 5.94. The second-order valence-electron chi connectivity index (χ2n) is 6.26. The monoisotopic (exact) mass is 362 g/mol. The van der Waals surface area contributed by atoms with Crippen molar-refractivity contribution in [3.63, 3.8) is 0 Å². The number of nitrogens with zero attached hydrogens (tertiary/aromatic N) is 2. The second kappa shape index (κ2) is 11.5. The molecule has 2 rings (SSSR count). The number of likely N-dealkylation sites (tertiary alicyclic amines) is 1. The number of hydrogen-bond acceptors (Lipinski definition) is 4. The lowest BCUT2D eigenvalue weighted by Gasteiger charge is -2.21. The molecule has 1 saturated heterocycles. The molecule has 0 saturated carbocycles. The molecule has 26 heavy (non-hydrogen) atoms. The predicted octanol–water partition coefficient (Wildman–Crippen LogP) is 0.977. The van der Waals surface area contributed by atoms with Crippen molar-refractivity contribution in [1.82, 2.24) is 15.5 Å². The molecule has 0 spiro atoms. The number of carbonyl (C=O) groups excluding carboxylic acids is 1. The van der Waals surface area contributed by atoms with Gasteiger partial charge in [-0.15, -0.1) is 0 Å². The first kappa shape index (κ1) is 20.2. The van der Waals surface area contributed by atoms with Crippen molar-refractivity contribution < 1.29 is 14.3 Å². The number of carbonyl (C=O) groups is 1. The first-order chi connectivity index (χ1) is 12.7. The molecule has 0 bridgehead atoms. The Bertz CT molecular complexity index is 565. The van der Waals surface area contributed by atoms with Gasteiger partial charge in [-0.1, -0.05) is 18.2 Å². The van der Waals surface area contributed by atoms with Gasteiger partial charge in [0.1, 0.15) is 0 Å². The summed E-state index contributed by atoms with van der Waals surface area (Å²) in [6, 6.07) is 9.23. The van der Waals surface area contributed by atoms with Gasteiger partial charge in [0, 0.05) is 51.8 Å². The molecule has 1 aliphatic rings. The second-order valence-corrected chi connectivity index (χ2v) is 6.26. The number of rotatable bonds is 9. The third kappa shape index (κ3) is 6.65. The minimum atomic E-state index is -0.0585. The summed E-state index contributed by atoms with van der Waals surface area (Å²) in [7, 11) is 3.46. The van der Waals surface area contributed by atoms with E-state index in [2.05, 4.69) is 20.5 Å². The lowest BCUT2D eigenvalue weighted by atomic mass is 10.1. The fraction of sp³-hybridized carbons (Fsp3) is 0.579. The molecule has 0 aromatic heterocycles. The minimum Gasteiger partial charge on any atom is -0.382 e. The highest BCUT2D eigenvalue weighted by Gasteiger charge is 2.24. The van der Waals surface area contributed by atoms with E-state index in [0.29, 0.717) is 37.8 Å². The van der Waals surface area contributed by atoms with Crippen LogP contribution in [0.4, 0.5) is 0 Å². The smallest absolute Gasteiger partial charge is 0.251 e. The van der Waals surface area contributed by atoms with Gasteiger partial charge in [0.15, 0.2) is 5.96 Å². The summed E-state index contributed by atoms with van der Waals surface area (Å²) in [6.45, 7) is 5.11. The van der Waals surface area contributed by atoms with E-state index in [0.717, 1.165) is 32.1 Å². The topological polar surface area (TPSA) is 75.2 Å². The molecule has 0 aliphatic carbocycles. The molecule has 1 aliphatic heterocycles. The van der Waals surface area contributed by atoms with Crippen LogP contribution < -0.4 is 10.6 Å². The van der Waals surface area contributed by atoms with Crippen LogP contribution in [0.1, 0.15) is 16.8 Å². The van der Waals surface area contributed by atoms with Crippen LogP contribution in [0.5, 0.6) is 0 Å². The van der Waals surface area contributed by atoms with Crippen LogP contribution in [0.25, 0.3) is 0 Å². The summed E-state index contributed by atoms with van der Waals surface area (Å²) in [6.07, 6.45) is 1.10. The van der Waals surface area contributed by atoms with Gasteiger partial charge in [0.25, 0.3) is 5.91 Å². The molecule has 7 nitrogen and oxygen atoms in total. The highest BCUT2D eigenvalue weighted by Crippen LogP contribution is 2.16. The number of hydrogen-bond donors (Lipinski definition) is 2. The Morgan fingerprint density at radius 2 is 2.00 bits per heavy atom. The van der Waals surface area contributed by atoms with Crippen LogP contribution in [0.15, 0.2) is 35.3 Å². The van der Waals surface area contributed by atoms with E-state index in [1.165, 1.54) is 0 Å². The maximum absolute atomic E-state index is 12.0. The van der Waals surface area contributed by atoms with Crippen molar-refractivity contribution in [3.05, 3.63) is 35.9 Å². The molecule has 1 atom stereocenters. The Kier molecular flexibility index (Phi) is 8.92. The maximum atomic E-state index is 12.0. The van der Waals surface area contributed by atoms with E-state index in [1.54, 1.807) is 26.3 Å². The van der Waals surface area contributed by atoms with Crippen molar-refractivity contribution >= 4 is 11.9 Å². The number of ether oxygens (including phenoxy) is 2. The van der Waals surface area contributed by atoms with Crippen molar-refractivity contribution in [3.8, 4) is 0 Å². The largest absolute Gasteiger partial charge is 0.382 e. The Balaban J connectivity index is 1.64. The first-order valence-corrected chi connectivity index (χ1v) is 9.10. The first-order valence-electron chi connectivity index (χ1n) is 9.10. The SMILES string of the molecule is CN=C(NCCNC(=O)c1ccccc1)N1CCC(COCCOC)C1. The molecule has 1 unspecified atom stereocenters. The summed E-state index contributed by atoms with van der Waals surface area (Å²) in [5.74, 6) is 1.33. The summed E-state index contributed by atoms with van der Waals surface area (Å²) in [4.78, 5) is 18.6. The third-order valence-electron chi connectivity index (χ3n) is 4.31. The van der Waals surface area contributed by atoms with Gasteiger partial charge in [-0.2, -0.15) is 0 Å². The zero-order valence-electron chi connectivity index (χ0n) is 15.7. The van der Waals surface area contributed by atoms with Crippen LogP contribution in [0.3, 0.4) is 0 Å². The molecule has 1 fully saturated rings. The molecule has 144 valence electrons. The van der Waals surface area contributed by atoms with E-state index in [-0.39, 0.29) is 5.91 Å². The summed E-state index contributed by atoms with van der Waals surface area (Å²) >= 11 is 0. The van der Waals surface area contributed by atoms with Crippen molar-refractivity contribution in [2.24, 2.45) is 10.9 Å². The zero-order valence-corrected chi connectivity index (χ0v) is 15.7. The number of aliphatic imine (C=N–C) groups is 1. The summed E-state index contributed by atoms with van der Waals surface area (Å²) in [5.41, 5.74) is 0.674. The van der Waals surface area contributed by atoms with Gasteiger partial charge in [-0.3, -0.25) is 9.79 Å². The molecular formula is C19H30N4O3. The molecule has 2 N–H and O–H groups in total. The van der Waals surface area contributed by atoms with Gasteiger partial charge in [0.05, 0.1) is 19.8 Å². The normalized spacial score (nSPS) is 17.4. The standard InChI is InChI=1S/C19H30N4O3/c1-20-19(23-11-8-16(14-23)15-26-13-12-25-2)22-10-9-21-18(24)17-6-4-3-5-7-17/h3-7,16H,8-15H2,1-2H3,(H,20,22)(H,21,24). The summed E-state index contributed by atoms with van der Waals surface area (Å²) in [5, 5.41) is 6.23. The average Bonchev–Trinajstić information content (AvgIpc) is 3.14. The fourth-order valence-corrected chi connectivity index (χ4v) is 2.93. The fourth-order valence-electron chi connectivity index (χ4n) is 2.93. The molecule has 1 amide bonds. The molecule has 0 radical (unpaired) electrons. The summed E-state index contributed by atoms with van der Waals surface area (Å²) < 4.78 is 10.6. The lowest BCUT2D eigenvalue weighted by Crippen LogP contribution is -2.43. The number of guanidine groups is 1. The third-order valence-corrected chi connectivity index (χ3v) is 4.31. The number of benzene rings is 1. The van der Waals surface area contributed by atoms with E-state index in [4.69, 9.17) is 9.47 Å². The average molecular weight is 362 g/mol. The quantitative estimate of drug-likeness (QED) is 0.389. The molecule has 1 aromatic carbocycles. The van der Waals surface area contributed by atoms with Crippen molar-refractivity contribution in [1.29, 1.82) is 0 Å². The lowest BCUT2D eigenvalue weighted by molar-refractivity contribution is 0.0536. The van der Waals surface area contributed by atoms with Crippen LogP contribution in [0, 0.1) is 5.92 Å². The van der Waals surface area contributed by atoms with Crippen LogP contribution >= 0.6 is 0 Å². The van der Waals surface area contributed by atoms with E-state index in [9.17, 15) is 4.79 Å². The van der Waals surface area contributed by atoms with E-state index >= 15 is 0 Å². The molecule has 1 aromatic rings. The molecule has 1 heterocycles. The van der Waals surface area contributed by atoms with Gasteiger partial charge < -0.3 is 25.0 Å². The van der Waals surface area contributed by atoms with E-state index in [1.807, 2.05) is 18.2 Å². The number of amides is 1. The number of methoxy groups -OCH3 is 1. The Hall–Kier alpha value is -2.12. The van der Waals surface area contributed by atoms with Crippen molar-refractivity contribution in [2.75, 3.05) is 60.2 Å². The van der Waals surface area contributed by atoms with Gasteiger partial charge in [0.2, 0.25) is 0 Å². The minimum absolute atomic E-state index is 0.0585. The van der Waals surface area contributed by atoms with E-state index < -0.39 is 0 Å². The molecular weight excluding hydrogens is 332 g/mol. The van der Waals surface area contributed by atoms with Crippen LogP contribution in [-0.4, -0.2) is 76.9 Å². The highest BCUT2D eigenvalue weighted by atomic mass is 16.5. The van der Waals surface area contributed by atoms with Crippen molar-refractivity contribution in [2.45, 2.75) is 6.42 Å². The Morgan fingerprint density at radius 1 is 1.23 bits per heavy atom. The predicted molar refractivity (Wildman–Crippen MR) is 103 cm³/mol. The Morgan fingerprint density at radius 3 is 2.73 bits per heavy atom. The Labute approximate surface area is 155 Å².